The molecule has 0 N–H and O–H groups in total. The monoisotopic (exact) mass is 224 g/mol. The van der Waals surface area contributed by atoms with Crippen LogP contribution in [0.15, 0.2) is 46.9 Å². The Balaban J connectivity index is 2.73. The molecule has 3 heteroatoms. The zero-order valence-corrected chi connectivity index (χ0v) is 9.92. The third-order valence-corrected chi connectivity index (χ3v) is 3.81. The normalized spacial score (nSPS) is 11.1. The minimum absolute atomic E-state index is 0.183. The first-order valence-electron chi connectivity index (χ1n) is 4.93. The highest BCUT2D eigenvalue weighted by molar-refractivity contribution is 7.91. The van der Waals surface area contributed by atoms with Gasteiger partial charge in [-0.25, -0.2) is 8.42 Å². The van der Waals surface area contributed by atoms with Crippen molar-refractivity contribution in [3.8, 4) is 0 Å². The lowest BCUT2D eigenvalue weighted by Crippen LogP contribution is -2.05. The Kier molecular flexibility index (Phi) is 4.09. The van der Waals surface area contributed by atoms with Crippen LogP contribution in [0.1, 0.15) is 20.3 Å². The summed E-state index contributed by atoms with van der Waals surface area (Å²) in [4.78, 5) is 0.409. The zero-order valence-electron chi connectivity index (χ0n) is 9.10. The van der Waals surface area contributed by atoms with E-state index < -0.39 is 9.84 Å². The van der Waals surface area contributed by atoms with Crippen molar-refractivity contribution in [1.29, 1.82) is 0 Å². The molecule has 0 spiro atoms. The fraction of sp³-hybridized carbons (Fsp3) is 0.333. The fourth-order valence-electron chi connectivity index (χ4n) is 1.25. The summed E-state index contributed by atoms with van der Waals surface area (Å²) in [6.45, 7) is 3.93. The van der Waals surface area contributed by atoms with E-state index in [1.54, 1.807) is 24.3 Å². The van der Waals surface area contributed by atoms with E-state index in [0.717, 1.165) is 5.57 Å². The summed E-state index contributed by atoms with van der Waals surface area (Å²) in [5.41, 5.74) is 1.15. The summed E-state index contributed by atoms with van der Waals surface area (Å²) < 4.78 is 23.6. The van der Waals surface area contributed by atoms with Gasteiger partial charge in [-0.05, 0) is 32.4 Å². The summed E-state index contributed by atoms with van der Waals surface area (Å²) in [6, 6.07) is 8.58. The van der Waals surface area contributed by atoms with Crippen LogP contribution in [0, 0.1) is 0 Å². The van der Waals surface area contributed by atoms with Crippen LogP contribution in [-0.2, 0) is 9.84 Å². The fourth-order valence-corrected chi connectivity index (χ4v) is 2.48. The van der Waals surface area contributed by atoms with Crippen LogP contribution in [0.4, 0.5) is 0 Å². The Labute approximate surface area is 91.6 Å². The molecule has 1 rings (SSSR count). The molecule has 0 aliphatic rings. The number of benzene rings is 1. The average Bonchev–Trinajstić information content (AvgIpc) is 2.18. The van der Waals surface area contributed by atoms with Gasteiger partial charge >= 0.3 is 0 Å². The lowest BCUT2D eigenvalue weighted by Gasteiger charge is -2.01. The van der Waals surface area contributed by atoms with E-state index in [9.17, 15) is 8.42 Å². The van der Waals surface area contributed by atoms with Crippen LogP contribution in [0.2, 0.25) is 0 Å². The maximum absolute atomic E-state index is 11.8. The highest BCUT2D eigenvalue weighted by Gasteiger charge is 2.11. The van der Waals surface area contributed by atoms with Gasteiger partial charge in [0.05, 0.1) is 10.6 Å². The second kappa shape index (κ2) is 5.12. The highest BCUT2D eigenvalue weighted by atomic mass is 32.2. The number of hydrogen-bond acceptors (Lipinski definition) is 2. The van der Waals surface area contributed by atoms with Crippen molar-refractivity contribution in [3.63, 3.8) is 0 Å². The molecule has 0 heterocycles. The highest BCUT2D eigenvalue weighted by Crippen LogP contribution is 2.11. The van der Waals surface area contributed by atoms with Gasteiger partial charge in [-0.2, -0.15) is 0 Å². The summed E-state index contributed by atoms with van der Waals surface area (Å²) in [6.07, 6.45) is 2.53. The number of sulfone groups is 1. The van der Waals surface area contributed by atoms with Gasteiger partial charge < -0.3 is 0 Å². The van der Waals surface area contributed by atoms with Crippen molar-refractivity contribution in [2.75, 3.05) is 5.75 Å². The van der Waals surface area contributed by atoms with Gasteiger partial charge in [0.1, 0.15) is 0 Å². The van der Waals surface area contributed by atoms with Crippen LogP contribution in [-0.4, -0.2) is 14.2 Å². The first kappa shape index (κ1) is 12.0. The minimum atomic E-state index is -3.10. The van der Waals surface area contributed by atoms with E-state index in [0.29, 0.717) is 11.3 Å². The molecule has 0 amide bonds. The van der Waals surface area contributed by atoms with Gasteiger partial charge in [-0.3, -0.25) is 0 Å². The van der Waals surface area contributed by atoms with Crippen LogP contribution in [0.25, 0.3) is 0 Å². The van der Waals surface area contributed by atoms with Crippen LogP contribution in [0.5, 0.6) is 0 Å². The van der Waals surface area contributed by atoms with Crippen molar-refractivity contribution in [2.45, 2.75) is 25.2 Å². The third-order valence-electron chi connectivity index (χ3n) is 2.04. The van der Waals surface area contributed by atoms with E-state index in [1.807, 2.05) is 26.0 Å². The molecule has 0 aliphatic heterocycles. The maximum atomic E-state index is 11.8. The number of allylic oxidation sites excluding steroid dienone is 2. The molecule has 15 heavy (non-hydrogen) atoms. The average molecular weight is 224 g/mol. The van der Waals surface area contributed by atoms with Crippen molar-refractivity contribution < 1.29 is 8.42 Å². The SMILES string of the molecule is CC(C)=CCCS(=O)(=O)c1ccccc1. The Morgan fingerprint density at radius 1 is 1.20 bits per heavy atom. The predicted molar refractivity (Wildman–Crippen MR) is 62.5 cm³/mol. The van der Waals surface area contributed by atoms with Crippen molar-refractivity contribution in [2.24, 2.45) is 0 Å². The Morgan fingerprint density at radius 2 is 1.80 bits per heavy atom. The number of hydrogen-bond donors (Lipinski definition) is 0. The van der Waals surface area contributed by atoms with Gasteiger partial charge in [0.2, 0.25) is 0 Å². The van der Waals surface area contributed by atoms with E-state index in [-0.39, 0.29) is 5.75 Å². The van der Waals surface area contributed by atoms with Crippen molar-refractivity contribution >= 4 is 9.84 Å². The Bertz CT molecular complexity index is 426. The van der Waals surface area contributed by atoms with Gasteiger partial charge in [-0.15, -0.1) is 0 Å². The Hall–Kier alpha value is -1.09. The van der Waals surface area contributed by atoms with Crippen LogP contribution < -0.4 is 0 Å². The van der Waals surface area contributed by atoms with E-state index >= 15 is 0 Å². The number of rotatable bonds is 4. The molecule has 0 saturated heterocycles. The molecule has 1 aromatic rings. The molecule has 0 fully saturated rings. The molecule has 0 aliphatic carbocycles. The van der Waals surface area contributed by atoms with Gasteiger partial charge in [-0.1, -0.05) is 29.8 Å². The lowest BCUT2D eigenvalue weighted by atomic mass is 10.3. The summed E-state index contributed by atoms with van der Waals surface area (Å²) in [5.74, 6) is 0.183. The largest absolute Gasteiger partial charge is 0.224 e. The first-order chi connectivity index (χ1) is 7.02. The summed E-state index contributed by atoms with van der Waals surface area (Å²) in [5, 5.41) is 0. The van der Waals surface area contributed by atoms with Crippen LogP contribution in [0.3, 0.4) is 0 Å². The summed E-state index contributed by atoms with van der Waals surface area (Å²) in [7, 11) is -3.10. The smallest absolute Gasteiger partial charge is 0.178 e. The molecule has 2 nitrogen and oxygen atoms in total. The molecule has 0 bridgehead atoms. The molecule has 0 unspecified atom stereocenters. The van der Waals surface area contributed by atoms with E-state index in [2.05, 4.69) is 0 Å². The van der Waals surface area contributed by atoms with E-state index in [1.165, 1.54) is 0 Å². The van der Waals surface area contributed by atoms with E-state index in [4.69, 9.17) is 0 Å². The Morgan fingerprint density at radius 3 is 2.33 bits per heavy atom. The van der Waals surface area contributed by atoms with Crippen molar-refractivity contribution in [1.82, 2.24) is 0 Å². The molecular weight excluding hydrogens is 208 g/mol. The lowest BCUT2D eigenvalue weighted by molar-refractivity contribution is 0.595. The topological polar surface area (TPSA) is 34.1 Å². The molecule has 1 aromatic carbocycles. The maximum Gasteiger partial charge on any atom is 0.178 e. The van der Waals surface area contributed by atoms with Crippen molar-refractivity contribution in [3.05, 3.63) is 42.0 Å². The third kappa shape index (κ3) is 3.88. The molecule has 0 radical (unpaired) electrons. The second-order valence-electron chi connectivity index (χ2n) is 3.70. The van der Waals surface area contributed by atoms with Crippen LogP contribution >= 0.6 is 0 Å². The quantitative estimate of drug-likeness (QED) is 0.737. The zero-order chi connectivity index (χ0) is 11.3. The predicted octanol–water partition coefficient (Wildman–Crippen LogP) is 2.82. The second-order valence-corrected chi connectivity index (χ2v) is 5.81. The standard InChI is InChI=1S/C12H16O2S/c1-11(2)7-6-10-15(13,14)12-8-4-3-5-9-12/h3-5,7-9H,6,10H2,1-2H3. The van der Waals surface area contributed by atoms with Gasteiger partial charge in [0.15, 0.2) is 9.84 Å². The molecule has 0 atom stereocenters. The molecule has 82 valence electrons. The van der Waals surface area contributed by atoms with Gasteiger partial charge in [0, 0.05) is 0 Å². The van der Waals surface area contributed by atoms with Gasteiger partial charge in [0.25, 0.3) is 0 Å². The summed E-state index contributed by atoms with van der Waals surface area (Å²) >= 11 is 0. The molecular formula is C12H16O2S. The minimum Gasteiger partial charge on any atom is -0.224 e. The molecule has 0 saturated carbocycles. The first-order valence-corrected chi connectivity index (χ1v) is 6.59. The molecule has 0 aromatic heterocycles.